The molecule has 0 aliphatic heterocycles. The fraction of sp³-hybridized carbons (Fsp3) is 1.00. The fourth-order valence-corrected chi connectivity index (χ4v) is 6.71. The predicted molar refractivity (Wildman–Crippen MR) is 61.3 cm³/mol. The van der Waals surface area contributed by atoms with Gasteiger partial charge in [-0.05, 0) is 19.3 Å². The fourth-order valence-electron chi connectivity index (χ4n) is 2.28. The summed E-state index contributed by atoms with van der Waals surface area (Å²) in [4.78, 5) is 0. The van der Waals surface area contributed by atoms with Crippen molar-refractivity contribution in [2.75, 3.05) is 0 Å². The molecule has 0 aromatic carbocycles. The predicted octanol–water partition coefficient (Wildman–Crippen LogP) is 2.65. The molecule has 13 heavy (non-hydrogen) atoms. The van der Waals surface area contributed by atoms with Gasteiger partial charge in [0.15, 0.2) is 9.46 Å². The molecule has 0 saturated carbocycles. The van der Waals surface area contributed by atoms with Crippen molar-refractivity contribution in [3.63, 3.8) is 0 Å². The van der Waals surface area contributed by atoms with Gasteiger partial charge < -0.3 is 0 Å². The normalized spacial score (nSPS) is 15.1. The number of hydrogen-bond donors (Lipinski definition) is 0. The molecule has 0 N–H and O–H groups in total. The minimum absolute atomic E-state index is 0.223. The van der Waals surface area contributed by atoms with Crippen molar-refractivity contribution in [1.29, 1.82) is 0 Å². The second-order valence-electron chi connectivity index (χ2n) is 5.70. The minimum Gasteiger partial charge on any atom is -0.225 e. The van der Waals surface area contributed by atoms with E-state index in [1.165, 1.54) is 0 Å². The van der Waals surface area contributed by atoms with Crippen molar-refractivity contribution in [2.45, 2.75) is 46.8 Å². The molecular formula is C9H21O2PS. The van der Waals surface area contributed by atoms with E-state index in [9.17, 15) is 8.42 Å². The molecule has 2 nitrogen and oxygen atoms in total. The van der Waals surface area contributed by atoms with Gasteiger partial charge in [0.05, 0.1) is 5.25 Å². The van der Waals surface area contributed by atoms with Crippen molar-refractivity contribution in [3.05, 3.63) is 0 Å². The molecule has 4 heteroatoms. The third-order valence-corrected chi connectivity index (χ3v) is 4.79. The second kappa shape index (κ2) is 3.51. The lowest BCUT2D eigenvalue weighted by atomic mass is 9.77. The van der Waals surface area contributed by atoms with Gasteiger partial charge in [-0.25, -0.2) is 8.42 Å². The summed E-state index contributed by atoms with van der Waals surface area (Å²) < 4.78 is 23.2. The summed E-state index contributed by atoms with van der Waals surface area (Å²) in [6.07, 6.45) is 0. The van der Waals surface area contributed by atoms with E-state index in [0.717, 1.165) is 0 Å². The molecule has 0 aliphatic carbocycles. The Hall–Kier alpha value is 0.380. The van der Waals surface area contributed by atoms with Gasteiger partial charge in [0.25, 0.3) is 0 Å². The van der Waals surface area contributed by atoms with Crippen LogP contribution in [0.3, 0.4) is 0 Å². The SMILES string of the molecule is CC(C)(C)C(C(C)(C)C)S(=O)(=O)P. The van der Waals surface area contributed by atoms with E-state index >= 15 is 0 Å². The van der Waals surface area contributed by atoms with Crippen LogP contribution in [0.5, 0.6) is 0 Å². The highest BCUT2D eigenvalue weighted by atomic mass is 32.7. The molecule has 0 aromatic heterocycles. The van der Waals surface area contributed by atoms with Crippen LogP contribution in [0.4, 0.5) is 0 Å². The summed E-state index contributed by atoms with van der Waals surface area (Å²) in [6, 6.07) is 0. The van der Waals surface area contributed by atoms with Gasteiger partial charge in [-0.3, -0.25) is 0 Å². The Bertz CT molecular complexity index is 253. The molecule has 1 unspecified atom stereocenters. The number of rotatable bonds is 1. The molecule has 1 atom stereocenters. The largest absolute Gasteiger partial charge is 0.225 e. The summed E-state index contributed by atoms with van der Waals surface area (Å²) in [5.74, 6) is 0. The molecule has 0 amide bonds. The molecule has 0 radical (unpaired) electrons. The minimum atomic E-state index is -3.06. The van der Waals surface area contributed by atoms with Crippen LogP contribution in [0.1, 0.15) is 41.5 Å². The molecule has 0 heterocycles. The number of hydrogen-bond acceptors (Lipinski definition) is 2. The van der Waals surface area contributed by atoms with Gasteiger partial charge in [0, 0.05) is 0 Å². The Morgan fingerprint density at radius 1 is 0.923 bits per heavy atom. The van der Waals surface area contributed by atoms with Crippen LogP contribution in [0.15, 0.2) is 0 Å². The first-order valence-corrected chi connectivity index (χ1v) is 7.41. The lowest BCUT2D eigenvalue weighted by Crippen LogP contribution is -2.42. The molecule has 0 aromatic rings. The van der Waals surface area contributed by atoms with E-state index in [-0.39, 0.29) is 16.1 Å². The van der Waals surface area contributed by atoms with E-state index in [0.29, 0.717) is 0 Å². The summed E-state index contributed by atoms with van der Waals surface area (Å²) in [5, 5.41) is -0.336. The van der Waals surface area contributed by atoms with Gasteiger partial charge in [-0.1, -0.05) is 41.5 Å². The summed E-state index contributed by atoms with van der Waals surface area (Å²) >= 11 is 0. The van der Waals surface area contributed by atoms with E-state index in [1.807, 2.05) is 50.0 Å². The van der Waals surface area contributed by atoms with Gasteiger partial charge in [-0.2, -0.15) is 0 Å². The molecule has 0 aliphatic rings. The molecular weight excluding hydrogens is 203 g/mol. The molecule has 0 saturated heterocycles. The van der Waals surface area contributed by atoms with Crippen molar-refractivity contribution in [1.82, 2.24) is 0 Å². The van der Waals surface area contributed by atoms with E-state index in [1.54, 1.807) is 0 Å². The summed E-state index contributed by atoms with van der Waals surface area (Å²) in [5.41, 5.74) is -0.447. The van der Waals surface area contributed by atoms with Crippen LogP contribution in [0, 0.1) is 10.8 Å². The van der Waals surface area contributed by atoms with Crippen LogP contribution in [0.25, 0.3) is 0 Å². The molecule has 80 valence electrons. The van der Waals surface area contributed by atoms with Crippen LogP contribution in [-0.2, 0) is 9.46 Å². The Labute approximate surface area is 84.4 Å². The average Bonchev–Trinajstić information content (AvgIpc) is 1.44. The van der Waals surface area contributed by atoms with E-state index in [4.69, 9.17) is 0 Å². The Morgan fingerprint density at radius 3 is 1.15 bits per heavy atom. The first kappa shape index (κ1) is 13.4. The van der Waals surface area contributed by atoms with Gasteiger partial charge in [-0.15, -0.1) is 0 Å². The smallest absolute Gasteiger partial charge is 0.165 e. The second-order valence-corrected chi connectivity index (χ2v) is 9.32. The van der Waals surface area contributed by atoms with E-state index < -0.39 is 9.46 Å². The topological polar surface area (TPSA) is 34.1 Å². The summed E-state index contributed by atoms with van der Waals surface area (Å²) in [7, 11) is -1.09. The van der Waals surface area contributed by atoms with Crippen molar-refractivity contribution in [3.8, 4) is 0 Å². The van der Waals surface area contributed by atoms with Crippen molar-refractivity contribution >= 4 is 17.9 Å². The van der Waals surface area contributed by atoms with Gasteiger partial charge in [0.1, 0.15) is 0 Å². The van der Waals surface area contributed by atoms with Crippen molar-refractivity contribution < 1.29 is 8.42 Å². The lowest BCUT2D eigenvalue weighted by Gasteiger charge is -2.38. The maximum Gasteiger partial charge on any atom is 0.165 e. The highest BCUT2D eigenvalue weighted by molar-refractivity contribution is 8.37. The van der Waals surface area contributed by atoms with Gasteiger partial charge >= 0.3 is 0 Å². The standard InChI is InChI=1S/C9H21O2PS/c1-8(2,3)7(9(4,5)6)13(10,11)12/h7H,12H2,1-6H3. The third kappa shape index (κ3) is 3.95. The zero-order valence-corrected chi connectivity index (χ0v) is 11.4. The maximum atomic E-state index is 11.6. The first-order chi connectivity index (χ1) is 5.37. The molecule has 0 spiro atoms. The highest BCUT2D eigenvalue weighted by Crippen LogP contribution is 2.40. The molecule has 0 fully saturated rings. The monoisotopic (exact) mass is 224 g/mol. The first-order valence-electron chi connectivity index (χ1n) is 4.38. The Kier molecular flexibility index (Phi) is 3.61. The van der Waals surface area contributed by atoms with Gasteiger partial charge in [0.2, 0.25) is 0 Å². The van der Waals surface area contributed by atoms with Crippen LogP contribution >= 0.6 is 8.44 Å². The molecule has 0 rings (SSSR count). The van der Waals surface area contributed by atoms with Crippen LogP contribution in [-0.4, -0.2) is 13.7 Å². The molecule has 0 bridgehead atoms. The Morgan fingerprint density at radius 2 is 1.15 bits per heavy atom. The lowest BCUT2D eigenvalue weighted by molar-refractivity contribution is 0.240. The Balaban J connectivity index is 5.28. The van der Waals surface area contributed by atoms with E-state index in [2.05, 4.69) is 0 Å². The average molecular weight is 224 g/mol. The van der Waals surface area contributed by atoms with Crippen molar-refractivity contribution in [2.24, 2.45) is 10.8 Å². The third-order valence-electron chi connectivity index (χ3n) is 1.90. The van der Waals surface area contributed by atoms with Crippen LogP contribution < -0.4 is 0 Å². The van der Waals surface area contributed by atoms with Crippen LogP contribution in [0.2, 0.25) is 0 Å². The zero-order chi connectivity index (χ0) is 11.1. The quantitative estimate of drug-likeness (QED) is 0.642. The maximum absolute atomic E-state index is 11.6. The zero-order valence-electron chi connectivity index (χ0n) is 9.38. The highest BCUT2D eigenvalue weighted by Gasteiger charge is 2.42. The summed E-state index contributed by atoms with van der Waals surface area (Å²) in [6.45, 7) is 11.8.